The fourth-order valence-electron chi connectivity index (χ4n) is 1.90. The Labute approximate surface area is 118 Å². The first-order chi connectivity index (χ1) is 9.63. The molecule has 1 aliphatic heterocycles. The van der Waals surface area contributed by atoms with Gasteiger partial charge in [0, 0.05) is 0 Å². The van der Waals surface area contributed by atoms with Gasteiger partial charge in [-0.2, -0.15) is 0 Å². The Bertz CT molecular complexity index is 414. The SMILES string of the molecule is CC(O)(C=O)C(OCCOCC1CO1)c1ccccc1. The summed E-state index contributed by atoms with van der Waals surface area (Å²) in [6.45, 7) is 3.46. The maximum Gasteiger partial charge on any atom is 0.154 e. The van der Waals surface area contributed by atoms with Crippen LogP contribution in [0.2, 0.25) is 0 Å². The predicted molar refractivity (Wildman–Crippen MR) is 72.4 cm³/mol. The van der Waals surface area contributed by atoms with E-state index in [0.717, 1.165) is 12.2 Å². The summed E-state index contributed by atoms with van der Waals surface area (Å²) in [6, 6.07) is 9.19. The molecular formula is C15H20O5. The highest BCUT2D eigenvalue weighted by Crippen LogP contribution is 2.28. The first-order valence-corrected chi connectivity index (χ1v) is 6.68. The molecule has 0 bridgehead atoms. The van der Waals surface area contributed by atoms with Crippen molar-refractivity contribution in [2.45, 2.75) is 24.7 Å². The highest BCUT2D eigenvalue weighted by molar-refractivity contribution is 5.63. The first kappa shape index (κ1) is 15.1. The predicted octanol–water partition coefficient (Wildman–Crippen LogP) is 1.11. The average Bonchev–Trinajstić information content (AvgIpc) is 3.27. The summed E-state index contributed by atoms with van der Waals surface area (Å²) >= 11 is 0. The Hall–Kier alpha value is -1.27. The minimum Gasteiger partial charge on any atom is -0.380 e. The molecule has 0 aliphatic carbocycles. The van der Waals surface area contributed by atoms with Gasteiger partial charge < -0.3 is 24.1 Å². The Kier molecular flexibility index (Phi) is 5.25. The zero-order valence-corrected chi connectivity index (χ0v) is 11.5. The lowest BCUT2D eigenvalue weighted by molar-refractivity contribution is -0.143. The van der Waals surface area contributed by atoms with Crippen LogP contribution in [-0.4, -0.2) is 49.5 Å². The van der Waals surface area contributed by atoms with Gasteiger partial charge in [0.25, 0.3) is 0 Å². The number of hydrogen-bond donors (Lipinski definition) is 1. The molecule has 0 spiro atoms. The Balaban J connectivity index is 1.87. The van der Waals surface area contributed by atoms with Crippen LogP contribution in [0.5, 0.6) is 0 Å². The van der Waals surface area contributed by atoms with Crippen LogP contribution in [0.25, 0.3) is 0 Å². The quantitative estimate of drug-likeness (QED) is 0.417. The summed E-state index contributed by atoms with van der Waals surface area (Å²) in [5, 5.41) is 10.1. The van der Waals surface area contributed by atoms with Crippen LogP contribution in [0.3, 0.4) is 0 Å². The third kappa shape index (κ3) is 4.38. The lowest BCUT2D eigenvalue weighted by Crippen LogP contribution is -2.36. The van der Waals surface area contributed by atoms with Crippen LogP contribution in [0, 0.1) is 0 Å². The van der Waals surface area contributed by atoms with Crippen molar-refractivity contribution in [2.24, 2.45) is 0 Å². The minimum absolute atomic E-state index is 0.220. The van der Waals surface area contributed by atoms with E-state index in [9.17, 15) is 9.90 Å². The van der Waals surface area contributed by atoms with Crippen molar-refractivity contribution in [3.63, 3.8) is 0 Å². The molecule has 0 amide bonds. The fourth-order valence-corrected chi connectivity index (χ4v) is 1.90. The molecule has 5 nitrogen and oxygen atoms in total. The van der Waals surface area contributed by atoms with Crippen molar-refractivity contribution in [1.29, 1.82) is 0 Å². The molecule has 1 aromatic rings. The number of rotatable bonds is 9. The van der Waals surface area contributed by atoms with Gasteiger partial charge in [-0.05, 0) is 12.5 Å². The Morgan fingerprint density at radius 1 is 1.45 bits per heavy atom. The largest absolute Gasteiger partial charge is 0.380 e. The van der Waals surface area contributed by atoms with Gasteiger partial charge in [-0.1, -0.05) is 30.3 Å². The van der Waals surface area contributed by atoms with Gasteiger partial charge in [0.05, 0.1) is 26.4 Å². The highest BCUT2D eigenvalue weighted by Gasteiger charge is 2.33. The standard InChI is InChI=1S/C15H20O5/c1-15(17,11-16)14(12-5-3-2-4-6-12)19-8-7-18-9-13-10-20-13/h2-6,11,13-14,17H,7-10H2,1H3. The summed E-state index contributed by atoms with van der Waals surface area (Å²) in [6.07, 6.45) is 0.0174. The second-order valence-corrected chi connectivity index (χ2v) is 5.04. The molecule has 5 heteroatoms. The maximum atomic E-state index is 11.1. The number of aldehydes is 1. The fraction of sp³-hybridized carbons (Fsp3) is 0.533. The van der Waals surface area contributed by atoms with Gasteiger partial charge in [-0.3, -0.25) is 0 Å². The Morgan fingerprint density at radius 2 is 2.15 bits per heavy atom. The summed E-state index contributed by atoms with van der Waals surface area (Å²) in [5.74, 6) is 0. The molecule has 20 heavy (non-hydrogen) atoms. The van der Waals surface area contributed by atoms with Gasteiger partial charge >= 0.3 is 0 Å². The first-order valence-electron chi connectivity index (χ1n) is 6.68. The molecule has 110 valence electrons. The number of ether oxygens (including phenoxy) is 3. The van der Waals surface area contributed by atoms with Crippen molar-refractivity contribution in [1.82, 2.24) is 0 Å². The Morgan fingerprint density at radius 3 is 2.75 bits per heavy atom. The number of hydrogen-bond acceptors (Lipinski definition) is 5. The van der Waals surface area contributed by atoms with Crippen molar-refractivity contribution in [3.8, 4) is 0 Å². The molecule has 0 aromatic heterocycles. The molecule has 1 saturated heterocycles. The molecule has 3 unspecified atom stereocenters. The molecule has 1 heterocycles. The number of benzene rings is 1. The average molecular weight is 280 g/mol. The van der Waals surface area contributed by atoms with E-state index in [1.807, 2.05) is 30.3 Å². The zero-order valence-electron chi connectivity index (χ0n) is 11.5. The van der Waals surface area contributed by atoms with Crippen molar-refractivity contribution in [3.05, 3.63) is 35.9 Å². The van der Waals surface area contributed by atoms with Gasteiger partial charge in [0.1, 0.15) is 17.8 Å². The summed E-state index contributed by atoms with van der Waals surface area (Å²) in [5.41, 5.74) is -0.809. The number of aliphatic hydroxyl groups is 1. The third-order valence-electron chi connectivity index (χ3n) is 3.09. The van der Waals surface area contributed by atoms with E-state index in [0.29, 0.717) is 26.1 Å². The van der Waals surface area contributed by atoms with Crippen molar-refractivity contribution >= 4 is 6.29 Å². The molecule has 1 aliphatic rings. The number of carbonyl (C=O) groups excluding carboxylic acids is 1. The molecule has 3 atom stereocenters. The van der Waals surface area contributed by atoms with Crippen LogP contribution < -0.4 is 0 Å². The monoisotopic (exact) mass is 280 g/mol. The lowest BCUT2D eigenvalue weighted by Gasteiger charge is -2.28. The van der Waals surface area contributed by atoms with E-state index >= 15 is 0 Å². The van der Waals surface area contributed by atoms with Crippen LogP contribution in [0.15, 0.2) is 30.3 Å². The molecule has 1 fully saturated rings. The zero-order chi connectivity index (χ0) is 14.4. The topological polar surface area (TPSA) is 68.3 Å². The molecule has 1 aromatic carbocycles. The van der Waals surface area contributed by atoms with Gasteiger partial charge in [-0.25, -0.2) is 0 Å². The third-order valence-corrected chi connectivity index (χ3v) is 3.09. The minimum atomic E-state index is -1.57. The van der Waals surface area contributed by atoms with Gasteiger partial charge in [-0.15, -0.1) is 0 Å². The smallest absolute Gasteiger partial charge is 0.154 e. The van der Waals surface area contributed by atoms with E-state index in [4.69, 9.17) is 14.2 Å². The van der Waals surface area contributed by atoms with Crippen LogP contribution in [0.4, 0.5) is 0 Å². The van der Waals surface area contributed by atoms with E-state index in [1.165, 1.54) is 6.92 Å². The van der Waals surface area contributed by atoms with Gasteiger partial charge in [0.15, 0.2) is 6.29 Å². The number of carbonyl (C=O) groups is 1. The van der Waals surface area contributed by atoms with Crippen molar-refractivity contribution < 1.29 is 24.1 Å². The van der Waals surface area contributed by atoms with Gasteiger partial charge in [0.2, 0.25) is 0 Å². The summed E-state index contributed by atoms with van der Waals surface area (Å²) in [4.78, 5) is 11.1. The lowest BCUT2D eigenvalue weighted by atomic mass is 9.94. The van der Waals surface area contributed by atoms with E-state index in [1.54, 1.807) is 0 Å². The highest BCUT2D eigenvalue weighted by atomic mass is 16.6. The summed E-state index contributed by atoms with van der Waals surface area (Å²) < 4.78 is 16.0. The molecule has 2 rings (SSSR count). The second-order valence-electron chi connectivity index (χ2n) is 5.04. The number of epoxide rings is 1. The molecule has 0 saturated carbocycles. The van der Waals surface area contributed by atoms with E-state index in [2.05, 4.69) is 0 Å². The van der Waals surface area contributed by atoms with E-state index in [-0.39, 0.29) is 6.10 Å². The van der Waals surface area contributed by atoms with E-state index < -0.39 is 11.7 Å². The summed E-state index contributed by atoms with van der Waals surface area (Å²) in [7, 11) is 0. The van der Waals surface area contributed by atoms with Crippen LogP contribution in [-0.2, 0) is 19.0 Å². The maximum absolute atomic E-state index is 11.1. The molecule has 1 N–H and O–H groups in total. The molecule has 0 radical (unpaired) electrons. The molecular weight excluding hydrogens is 260 g/mol. The van der Waals surface area contributed by atoms with Crippen LogP contribution >= 0.6 is 0 Å². The van der Waals surface area contributed by atoms with Crippen molar-refractivity contribution in [2.75, 3.05) is 26.4 Å². The normalized spacial score (nSPS) is 22.0. The second kappa shape index (κ2) is 6.95. The van der Waals surface area contributed by atoms with Crippen LogP contribution in [0.1, 0.15) is 18.6 Å².